The first-order chi connectivity index (χ1) is 28.1. The molecule has 0 aromatic heterocycles. The van der Waals surface area contributed by atoms with E-state index in [1.807, 2.05) is 0 Å². The van der Waals surface area contributed by atoms with Crippen LogP contribution in [0.25, 0.3) is 32.7 Å². The Kier molecular flexibility index (Phi) is 23.9. The van der Waals surface area contributed by atoms with Crippen LogP contribution in [0.3, 0.4) is 0 Å². The molecule has 6 rings (SSSR count). The van der Waals surface area contributed by atoms with Gasteiger partial charge in [-0.25, -0.2) is 33.7 Å². The predicted octanol–water partition coefficient (Wildman–Crippen LogP) is -10.0. The smallest absolute Gasteiger partial charge is 0.871 e. The van der Waals surface area contributed by atoms with Gasteiger partial charge in [-0.1, -0.05) is 47.3 Å². The molecule has 6 aromatic rings. The molecule has 1 amide bonds. The molecule has 0 atom stereocenters. The SMILES string of the molecule is CC(=O)Nc1cc(S(=O)(=O)[O-])cc2cc(S(=O)(=O)[O-])c(N=Nc3ccc(-c4ccc(N=Nc5c(S(=O)(=O)[O-])cc6cc(S(=O)(=O)[O-])cc(N)c6c5[O-])c([O-])c4)cc3[O-])c([O-])c12.[Cu+2].[Cu+2].[Na+].[Na+].[Na+].[Na+]. The molecular weight excluding hydrogens is 1110 g/mol. The van der Waals surface area contributed by atoms with Crippen LogP contribution in [0.4, 0.5) is 34.1 Å². The molecule has 33 heteroatoms. The van der Waals surface area contributed by atoms with Crippen molar-refractivity contribution in [3.63, 3.8) is 0 Å². The number of nitrogen functional groups attached to an aromatic ring is 1. The van der Waals surface area contributed by atoms with Gasteiger partial charge in [-0.05, 0) is 81.2 Å². The van der Waals surface area contributed by atoms with Crippen molar-refractivity contribution >= 4 is 102 Å². The summed E-state index contributed by atoms with van der Waals surface area (Å²) in [7, 11) is -21.5. The monoisotopic (exact) mass is 1130 g/mol. The summed E-state index contributed by atoms with van der Waals surface area (Å²) in [5.74, 6) is -5.39. The van der Waals surface area contributed by atoms with Crippen LogP contribution in [0.15, 0.2) is 113 Å². The zero-order valence-corrected chi connectivity index (χ0v) is 47.6. The zero-order chi connectivity index (χ0) is 45.1. The molecule has 0 saturated heterocycles. The van der Waals surface area contributed by atoms with Crippen molar-refractivity contribution in [2.45, 2.75) is 26.5 Å². The van der Waals surface area contributed by atoms with Crippen molar-refractivity contribution in [3.05, 3.63) is 72.8 Å². The van der Waals surface area contributed by atoms with Crippen LogP contribution < -0.4 is 150 Å². The van der Waals surface area contributed by atoms with Crippen molar-refractivity contribution in [2.75, 3.05) is 11.1 Å². The van der Waals surface area contributed by atoms with Gasteiger partial charge in [0.2, 0.25) is 5.91 Å². The molecule has 0 unspecified atom stereocenters. The maximum absolute atomic E-state index is 13.5. The number of anilines is 2. The molecule has 0 aliphatic rings. The molecule has 0 saturated carbocycles. The fourth-order valence-electron chi connectivity index (χ4n) is 5.83. The molecule has 0 heterocycles. The third-order valence-corrected chi connectivity index (χ3v) is 11.8. The molecule has 67 heavy (non-hydrogen) atoms. The average Bonchev–Trinajstić information content (AvgIpc) is 3.12. The molecular formula is C34H18Cu2N6Na4O17S4. The average molecular weight is 1130 g/mol. The molecule has 0 fully saturated rings. The number of azo groups is 2. The summed E-state index contributed by atoms with van der Waals surface area (Å²) in [6.07, 6.45) is 0. The Morgan fingerprint density at radius 2 is 0.896 bits per heavy atom. The van der Waals surface area contributed by atoms with Crippen molar-refractivity contribution in [1.82, 2.24) is 0 Å². The van der Waals surface area contributed by atoms with E-state index in [4.69, 9.17) is 5.73 Å². The maximum Gasteiger partial charge on any atom is 2.00 e. The van der Waals surface area contributed by atoms with Gasteiger partial charge in [-0.3, -0.25) is 4.79 Å². The number of nitrogens with zero attached hydrogens (tertiary/aromatic N) is 4. The van der Waals surface area contributed by atoms with Crippen LogP contribution in [0.1, 0.15) is 6.92 Å². The number of carbonyl (C=O) groups is 1. The minimum Gasteiger partial charge on any atom is -0.871 e. The Morgan fingerprint density at radius 1 is 0.522 bits per heavy atom. The van der Waals surface area contributed by atoms with Crippen LogP contribution in [0.5, 0.6) is 23.0 Å². The van der Waals surface area contributed by atoms with E-state index >= 15 is 0 Å². The third kappa shape index (κ3) is 14.6. The van der Waals surface area contributed by atoms with Crippen molar-refractivity contribution in [2.24, 2.45) is 20.5 Å². The largest absolute Gasteiger partial charge is 2.00 e. The van der Waals surface area contributed by atoms with E-state index < -0.39 is 145 Å². The number of carbonyl (C=O) groups excluding carboxylic acids is 1. The summed E-state index contributed by atoms with van der Waals surface area (Å²) >= 11 is 0. The maximum atomic E-state index is 13.5. The standard InChI is InChI=1S/C34H26N6O17S4.2Cu.4Na/c1-14(41)36-24-13-20(59(49,50)51)7-18-11-28(61(55,56)57)32(34(45)30(18)24)40-38-23-5-3-16(9-26(23)43)15-2-4-22(25(42)8-15)37-39-31-27(60(52,53)54)10-17-6-19(58(46,47)48)12-21(35)29(17)33(31)44;;;;;;/h2-13,42-45H,35H2,1H3,(H,36,41)(H,46,47,48)(H,49,50,51)(H,52,53,54)(H,55,56,57);;;;;;/q;2*+2;4*+1/p-8. The topological polar surface area (TPSA) is 426 Å². The van der Waals surface area contributed by atoms with Crippen LogP contribution in [0, 0.1) is 0 Å². The number of fused-ring (bicyclic) bond motifs is 2. The Balaban J connectivity index is 0.00000726. The summed E-state index contributed by atoms with van der Waals surface area (Å²) in [6, 6.07) is 9.92. The molecule has 336 valence electrons. The number of hydrogen-bond acceptors (Lipinski definition) is 22. The van der Waals surface area contributed by atoms with Gasteiger partial charge < -0.3 is 49.7 Å². The first-order valence-electron chi connectivity index (χ1n) is 16.1. The number of nitrogens with two attached hydrogens (primary N) is 1. The Hall–Kier alpha value is -1.81. The van der Waals surface area contributed by atoms with Crippen LogP contribution in [0.2, 0.25) is 0 Å². The third-order valence-electron chi connectivity index (χ3n) is 8.43. The summed E-state index contributed by atoms with van der Waals surface area (Å²) in [4.78, 5) is 7.31. The second-order valence-electron chi connectivity index (χ2n) is 12.5. The molecule has 0 bridgehead atoms. The molecule has 23 nitrogen and oxygen atoms in total. The number of hydrogen-bond donors (Lipinski definition) is 2. The molecule has 0 spiro atoms. The fraction of sp³-hybridized carbons (Fsp3) is 0.0294. The molecule has 2 radical (unpaired) electrons. The van der Waals surface area contributed by atoms with Gasteiger partial charge in [0.25, 0.3) is 0 Å². The number of amides is 1. The molecule has 0 aliphatic heterocycles. The minimum atomic E-state index is -5.57. The van der Waals surface area contributed by atoms with E-state index in [1.165, 1.54) is 12.1 Å². The van der Waals surface area contributed by atoms with Gasteiger partial charge in [0.05, 0.1) is 42.3 Å². The van der Waals surface area contributed by atoms with Gasteiger partial charge in [0.15, 0.2) is 0 Å². The summed E-state index contributed by atoms with van der Waals surface area (Å²) in [6.45, 7) is 0.968. The van der Waals surface area contributed by atoms with Crippen molar-refractivity contribution in [1.29, 1.82) is 0 Å². The van der Waals surface area contributed by atoms with Crippen molar-refractivity contribution < 1.29 is 229 Å². The summed E-state index contributed by atoms with van der Waals surface area (Å²) < 4.78 is 142. The van der Waals surface area contributed by atoms with Crippen LogP contribution >= 0.6 is 0 Å². The molecule has 0 aliphatic carbocycles. The van der Waals surface area contributed by atoms with Gasteiger partial charge in [0, 0.05) is 18.3 Å². The minimum absolute atomic E-state index is 0. The normalized spacial score (nSPS) is 11.7. The van der Waals surface area contributed by atoms with E-state index in [0.29, 0.717) is 36.4 Å². The summed E-state index contributed by atoms with van der Waals surface area (Å²) in [5.41, 5.74) is 1.43. The Bertz CT molecular complexity index is 3470. The Labute approximate surface area is 489 Å². The van der Waals surface area contributed by atoms with Crippen LogP contribution in [-0.2, 0) is 79.4 Å². The van der Waals surface area contributed by atoms with Gasteiger partial charge >= 0.3 is 152 Å². The predicted molar refractivity (Wildman–Crippen MR) is 196 cm³/mol. The first-order valence-corrected chi connectivity index (χ1v) is 21.7. The Morgan fingerprint density at radius 3 is 1.25 bits per heavy atom. The van der Waals surface area contributed by atoms with E-state index in [1.54, 1.807) is 0 Å². The van der Waals surface area contributed by atoms with E-state index in [9.17, 15) is 77.1 Å². The number of nitrogens with one attached hydrogen (secondary N) is 1. The first kappa shape index (κ1) is 65.2. The van der Waals surface area contributed by atoms with E-state index in [2.05, 4.69) is 25.8 Å². The molecule has 6 aromatic carbocycles. The van der Waals surface area contributed by atoms with Gasteiger partial charge in [-0.15, -0.1) is 10.2 Å². The van der Waals surface area contributed by atoms with E-state index in [-0.39, 0.29) is 163 Å². The molecule has 3 N–H and O–H groups in total. The van der Waals surface area contributed by atoms with Gasteiger partial charge in [-0.2, -0.15) is 10.2 Å². The second kappa shape index (κ2) is 24.5. The second-order valence-corrected chi connectivity index (χ2v) is 18.0. The summed E-state index contributed by atoms with van der Waals surface area (Å²) in [5, 5.41) is 67.0. The van der Waals surface area contributed by atoms with E-state index in [0.717, 1.165) is 31.2 Å². The number of rotatable bonds is 10. The quantitative estimate of drug-likeness (QED) is 0.0557. The van der Waals surface area contributed by atoms with Gasteiger partial charge in [0.1, 0.15) is 40.5 Å². The van der Waals surface area contributed by atoms with Crippen LogP contribution in [-0.4, -0.2) is 57.8 Å². The zero-order valence-electron chi connectivity index (χ0n) is 34.5. The number of benzene rings is 6. The fourth-order valence-corrected chi connectivity index (χ4v) is 8.19. The van der Waals surface area contributed by atoms with Crippen molar-refractivity contribution in [3.8, 4) is 34.1 Å².